The van der Waals surface area contributed by atoms with E-state index in [4.69, 9.17) is 19.4 Å². The fourth-order valence-corrected chi connectivity index (χ4v) is 6.05. The minimum absolute atomic E-state index is 0.533. The summed E-state index contributed by atoms with van der Waals surface area (Å²) in [5.41, 5.74) is 10.6. The quantitative estimate of drug-likeness (QED) is 0.194. The molecule has 0 atom stereocenters. The molecule has 0 amide bonds. The molecule has 6 heteroatoms. The van der Waals surface area contributed by atoms with Crippen LogP contribution in [0.4, 0.5) is 0 Å². The van der Waals surface area contributed by atoms with Gasteiger partial charge in [-0.15, -0.1) is 0 Å². The van der Waals surface area contributed by atoms with Gasteiger partial charge in [-0.1, -0.05) is 97.1 Å². The summed E-state index contributed by atoms with van der Waals surface area (Å²) in [4.78, 5) is 24.0. The highest BCUT2D eigenvalue weighted by atomic mass is 16.3. The second kappa shape index (κ2) is 10.2. The molecule has 9 aromatic rings. The van der Waals surface area contributed by atoms with Gasteiger partial charge in [0.2, 0.25) is 5.71 Å². The van der Waals surface area contributed by atoms with Crippen LogP contribution < -0.4 is 0 Å². The van der Waals surface area contributed by atoms with Crippen molar-refractivity contribution in [2.75, 3.05) is 0 Å². The molecule has 210 valence electrons. The molecule has 6 nitrogen and oxygen atoms in total. The zero-order valence-corrected chi connectivity index (χ0v) is 23.9. The summed E-state index contributed by atoms with van der Waals surface area (Å²) in [5.74, 6) is 0.645. The second-order valence-corrected chi connectivity index (χ2v) is 11.0. The lowest BCUT2D eigenvalue weighted by Gasteiger charge is -2.10. The van der Waals surface area contributed by atoms with Crippen molar-refractivity contribution in [3.63, 3.8) is 0 Å². The van der Waals surface area contributed by atoms with Crippen molar-refractivity contribution in [3.8, 4) is 44.9 Å². The zero-order valence-electron chi connectivity index (χ0n) is 23.9. The van der Waals surface area contributed by atoms with E-state index < -0.39 is 0 Å². The molecule has 0 spiro atoms. The van der Waals surface area contributed by atoms with Crippen LogP contribution in [0.15, 0.2) is 144 Å². The number of nitrogens with zero attached hydrogens (tertiary/aromatic N) is 5. The highest BCUT2D eigenvalue weighted by Crippen LogP contribution is 2.37. The van der Waals surface area contributed by atoms with E-state index >= 15 is 0 Å². The van der Waals surface area contributed by atoms with Crippen molar-refractivity contribution < 1.29 is 4.42 Å². The van der Waals surface area contributed by atoms with Gasteiger partial charge in [0, 0.05) is 46.1 Å². The van der Waals surface area contributed by atoms with E-state index in [1.807, 2.05) is 91.4 Å². The number of hydrogen-bond donors (Lipinski definition) is 0. The van der Waals surface area contributed by atoms with Crippen molar-refractivity contribution in [3.05, 3.63) is 140 Å². The van der Waals surface area contributed by atoms with Gasteiger partial charge in [0.05, 0.1) is 16.4 Å². The van der Waals surface area contributed by atoms with Gasteiger partial charge >= 0.3 is 0 Å². The van der Waals surface area contributed by atoms with Crippen molar-refractivity contribution in [2.24, 2.45) is 0 Å². The molecule has 0 radical (unpaired) electrons. The molecule has 0 bridgehead atoms. The Morgan fingerprint density at radius 3 is 1.98 bits per heavy atom. The molecule has 0 N–H and O–H groups in total. The maximum absolute atomic E-state index is 6.33. The minimum Gasteiger partial charge on any atom is -0.434 e. The highest BCUT2D eigenvalue weighted by molar-refractivity contribution is 6.10. The lowest BCUT2D eigenvalue weighted by Crippen LogP contribution is -1.93. The second-order valence-electron chi connectivity index (χ2n) is 11.0. The van der Waals surface area contributed by atoms with E-state index in [0.29, 0.717) is 17.1 Å². The number of furan rings is 1. The number of hydrogen-bond acceptors (Lipinski definition) is 6. The Morgan fingerprint density at radius 2 is 1.18 bits per heavy atom. The van der Waals surface area contributed by atoms with E-state index in [0.717, 1.165) is 71.8 Å². The highest BCUT2D eigenvalue weighted by Gasteiger charge is 2.19. The first-order valence-corrected chi connectivity index (χ1v) is 14.7. The normalized spacial score (nSPS) is 11.6. The molecule has 45 heavy (non-hydrogen) atoms. The Labute approximate surface area is 257 Å². The fraction of sp³-hybridized carbons (Fsp3) is 0. The molecule has 5 heterocycles. The molecule has 0 saturated carbocycles. The summed E-state index contributed by atoms with van der Waals surface area (Å²) < 4.78 is 6.33. The maximum Gasteiger partial charge on any atom is 0.229 e. The molecular formula is C39H23N5O. The first-order valence-electron chi connectivity index (χ1n) is 14.7. The Kier molecular flexibility index (Phi) is 5.71. The average molecular weight is 578 g/mol. The minimum atomic E-state index is 0.533. The van der Waals surface area contributed by atoms with E-state index in [2.05, 4.69) is 58.5 Å². The third-order valence-electron chi connectivity index (χ3n) is 8.24. The molecule has 0 aliphatic rings. The van der Waals surface area contributed by atoms with E-state index in [-0.39, 0.29) is 0 Å². The fourth-order valence-electron chi connectivity index (χ4n) is 6.05. The third-order valence-corrected chi connectivity index (χ3v) is 8.24. The predicted octanol–water partition coefficient (Wildman–Crippen LogP) is 9.54. The van der Waals surface area contributed by atoms with Gasteiger partial charge < -0.3 is 4.42 Å². The van der Waals surface area contributed by atoms with Gasteiger partial charge in [-0.3, -0.25) is 9.97 Å². The van der Waals surface area contributed by atoms with Gasteiger partial charge in [-0.05, 0) is 41.0 Å². The van der Waals surface area contributed by atoms with Gasteiger partial charge in [0.25, 0.3) is 0 Å². The standard InChI is InChI=1S/C39H23N5O/c1-3-9-26(10-4-1)34-37-36(44-38(43-34)27-11-5-2-6-12-27)32-22-29(23-42-39(32)45-37)24-15-17-25(18-16-24)31-21-28-13-7-19-40-33(28)35-30(31)14-8-20-41-35/h1-23H. The molecule has 0 aliphatic heterocycles. The number of aromatic nitrogens is 5. The molecule has 0 fully saturated rings. The summed E-state index contributed by atoms with van der Waals surface area (Å²) >= 11 is 0. The van der Waals surface area contributed by atoms with Gasteiger partial charge in [-0.2, -0.15) is 0 Å². The summed E-state index contributed by atoms with van der Waals surface area (Å²) in [6.07, 6.45) is 5.49. The van der Waals surface area contributed by atoms with Gasteiger partial charge in [0.15, 0.2) is 11.4 Å². The maximum atomic E-state index is 6.33. The average Bonchev–Trinajstić information content (AvgIpc) is 3.50. The monoisotopic (exact) mass is 577 g/mol. The van der Waals surface area contributed by atoms with Crippen LogP contribution in [0.25, 0.3) is 88.9 Å². The van der Waals surface area contributed by atoms with Crippen LogP contribution in [0.5, 0.6) is 0 Å². The summed E-state index contributed by atoms with van der Waals surface area (Å²) in [7, 11) is 0. The van der Waals surface area contributed by atoms with Crippen molar-refractivity contribution in [1.29, 1.82) is 0 Å². The van der Waals surface area contributed by atoms with Crippen LogP contribution in [-0.2, 0) is 0 Å². The molecule has 0 aliphatic carbocycles. The van der Waals surface area contributed by atoms with Crippen molar-refractivity contribution in [1.82, 2.24) is 24.9 Å². The molecular weight excluding hydrogens is 554 g/mol. The van der Waals surface area contributed by atoms with Crippen molar-refractivity contribution in [2.45, 2.75) is 0 Å². The largest absolute Gasteiger partial charge is 0.434 e. The van der Waals surface area contributed by atoms with E-state index in [9.17, 15) is 0 Å². The predicted molar refractivity (Wildman–Crippen MR) is 179 cm³/mol. The zero-order chi connectivity index (χ0) is 29.7. The van der Waals surface area contributed by atoms with Gasteiger partial charge in [0.1, 0.15) is 11.2 Å². The van der Waals surface area contributed by atoms with Crippen molar-refractivity contribution >= 4 is 44.0 Å². The summed E-state index contributed by atoms with van der Waals surface area (Å²) in [6, 6.07) is 41.1. The van der Waals surface area contributed by atoms with Gasteiger partial charge in [-0.25, -0.2) is 15.0 Å². The number of pyridine rings is 3. The molecule has 4 aromatic carbocycles. The molecule has 9 rings (SSSR count). The van der Waals surface area contributed by atoms with E-state index in [1.54, 1.807) is 0 Å². The van der Waals surface area contributed by atoms with Crippen LogP contribution >= 0.6 is 0 Å². The molecule has 5 aromatic heterocycles. The molecule has 0 saturated heterocycles. The summed E-state index contributed by atoms with van der Waals surface area (Å²) in [5, 5.41) is 2.99. The Balaban J connectivity index is 1.18. The number of rotatable bonds is 4. The van der Waals surface area contributed by atoms with Crippen LogP contribution in [0.3, 0.4) is 0 Å². The Hall–Kier alpha value is -6.27. The topological polar surface area (TPSA) is 77.6 Å². The SMILES string of the molecule is c1ccc(-c2nc(-c3ccccc3)c3oc4ncc(-c5ccc(-c6cc7cccnc7c7ncccc67)cc5)cc4c3n2)cc1. The first-order chi connectivity index (χ1) is 22.3. The third kappa shape index (κ3) is 4.23. The lowest BCUT2D eigenvalue weighted by molar-refractivity contribution is 0.653. The number of fused-ring (bicyclic) bond motifs is 6. The van der Waals surface area contributed by atoms with Crippen LogP contribution in [0.2, 0.25) is 0 Å². The summed E-state index contributed by atoms with van der Waals surface area (Å²) in [6.45, 7) is 0. The Morgan fingerprint density at radius 1 is 0.467 bits per heavy atom. The molecule has 0 unspecified atom stereocenters. The van der Waals surface area contributed by atoms with E-state index in [1.165, 1.54) is 0 Å². The lowest BCUT2D eigenvalue weighted by atomic mass is 9.96. The number of benzene rings is 4. The van der Waals surface area contributed by atoms with Crippen LogP contribution in [-0.4, -0.2) is 24.9 Å². The van der Waals surface area contributed by atoms with Crippen LogP contribution in [0, 0.1) is 0 Å². The van der Waals surface area contributed by atoms with Crippen LogP contribution in [0.1, 0.15) is 0 Å². The smallest absolute Gasteiger partial charge is 0.229 e. The Bertz CT molecular complexity index is 2530. The first kappa shape index (κ1) is 25.2.